The smallest absolute Gasteiger partial charge is 0.186 e. The topological polar surface area (TPSA) is 47.9 Å². The lowest BCUT2D eigenvalue weighted by Crippen LogP contribution is -2.04. The first-order chi connectivity index (χ1) is 8.60. The molecule has 0 aliphatic carbocycles. The van der Waals surface area contributed by atoms with Gasteiger partial charge in [-0.2, -0.15) is 0 Å². The maximum Gasteiger partial charge on any atom is 0.186 e. The fraction of sp³-hybridized carbons (Fsp3) is 0.429. The number of nitrogens with zero attached hydrogens (tertiary/aromatic N) is 1. The largest absolute Gasteiger partial charge is 0.490 e. The molecule has 0 amide bonds. The van der Waals surface area contributed by atoms with Crippen molar-refractivity contribution in [3.8, 4) is 11.5 Å². The van der Waals surface area contributed by atoms with Gasteiger partial charge in [0, 0.05) is 6.92 Å². The Hall–Kier alpha value is -1.84. The Balaban J connectivity index is 3.21. The quantitative estimate of drug-likeness (QED) is 0.727. The number of aliphatic imine (C=N–C) groups is 1. The van der Waals surface area contributed by atoms with Crippen molar-refractivity contribution < 1.29 is 14.3 Å². The molecule has 0 aromatic heterocycles. The van der Waals surface area contributed by atoms with Crippen molar-refractivity contribution in [2.45, 2.75) is 27.7 Å². The minimum atomic E-state index is -0.0562. The minimum Gasteiger partial charge on any atom is -0.490 e. The van der Waals surface area contributed by atoms with Crippen molar-refractivity contribution in [1.82, 2.24) is 0 Å². The van der Waals surface area contributed by atoms with E-state index in [1.165, 1.54) is 6.92 Å². The Morgan fingerprint density at radius 3 is 2.39 bits per heavy atom. The zero-order valence-electron chi connectivity index (χ0n) is 11.3. The van der Waals surface area contributed by atoms with Gasteiger partial charge in [-0.25, -0.2) is 4.99 Å². The molecule has 1 aromatic rings. The van der Waals surface area contributed by atoms with Crippen molar-refractivity contribution >= 4 is 17.2 Å². The Bertz CT molecular complexity index is 452. The Morgan fingerprint density at radius 2 is 1.83 bits per heavy atom. The van der Waals surface area contributed by atoms with Gasteiger partial charge in [-0.15, -0.1) is 0 Å². The van der Waals surface area contributed by atoms with Gasteiger partial charge in [0.25, 0.3) is 0 Å². The maximum absolute atomic E-state index is 11.2. The monoisotopic (exact) mass is 249 g/mol. The van der Waals surface area contributed by atoms with E-state index in [9.17, 15) is 4.79 Å². The third-order valence-electron chi connectivity index (χ3n) is 2.34. The molecule has 0 aliphatic rings. The minimum absolute atomic E-state index is 0.0562. The second kappa shape index (κ2) is 6.79. The molecule has 0 radical (unpaired) electrons. The highest BCUT2D eigenvalue weighted by atomic mass is 16.5. The van der Waals surface area contributed by atoms with Crippen LogP contribution in [0.15, 0.2) is 23.2 Å². The van der Waals surface area contributed by atoms with Crippen molar-refractivity contribution in [2.75, 3.05) is 13.2 Å². The first-order valence-electron chi connectivity index (χ1n) is 6.05. The average Bonchev–Trinajstić information content (AvgIpc) is 2.33. The second-order valence-electron chi connectivity index (χ2n) is 3.72. The number of carbonyl (C=O) groups excluding carboxylic acids is 1. The number of hydrogen-bond donors (Lipinski definition) is 0. The Kier molecular flexibility index (Phi) is 5.36. The molecular formula is C14H19NO3. The molecule has 0 bridgehead atoms. The van der Waals surface area contributed by atoms with Crippen LogP contribution in [0.4, 0.5) is 5.69 Å². The fourth-order valence-corrected chi connectivity index (χ4v) is 1.41. The van der Waals surface area contributed by atoms with E-state index < -0.39 is 0 Å². The van der Waals surface area contributed by atoms with Crippen LogP contribution in [-0.4, -0.2) is 24.7 Å². The van der Waals surface area contributed by atoms with Crippen LogP contribution in [0.25, 0.3) is 0 Å². The number of carbonyl (C=O) groups is 1. The summed E-state index contributed by atoms with van der Waals surface area (Å²) < 4.78 is 11.1. The first-order valence-corrected chi connectivity index (χ1v) is 6.05. The number of hydrogen-bond acceptors (Lipinski definition) is 4. The third-order valence-corrected chi connectivity index (χ3v) is 2.34. The molecule has 98 valence electrons. The number of rotatable bonds is 6. The van der Waals surface area contributed by atoms with Gasteiger partial charge in [0.1, 0.15) is 5.69 Å². The molecule has 4 heteroatoms. The lowest BCUT2D eigenvalue weighted by Gasteiger charge is -2.12. The van der Waals surface area contributed by atoms with Gasteiger partial charge in [0.15, 0.2) is 17.3 Å². The zero-order valence-corrected chi connectivity index (χ0v) is 11.3. The fourth-order valence-electron chi connectivity index (χ4n) is 1.41. The van der Waals surface area contributed by atoms with Crippen molar-refractivity contribution in [3.63, 3.8) is 0 Å². The van der Waals surface area contributed by atoms with Gasteiger partial charge in [0.05, 0.1) is 18.9 Å². The lowest BCUT2D eigenvalue weighted by atomic mass is 10.2. The van der Waals surface area contributed by atoms with Gasteiger partial charge in [-0.3, -0.25) is 4.79 Å². The number of Topliss-reactive ketones (excluding diaryl/α,β-unsaturated/α-hetero) is 1. The maximum atomic E-state index is 11.2. The van der Waals surface area contributed by atoms with Crippen molar-refractivity contribution in [2.24, 2.45) is 4.99 Å². The summed E-state index contributed by atoms with van der Waals surface area (Å²) in [7, 11) is 0. The average molecular weight is 249 g/mol. The Morgan fingerprint density at radius 1 is 1.17 bits per heavy atom. The predicted molar refractivity (Wildman–Crippen MR) is 72.2 cm³/mol. The molecule has 18 heavy (non-hydrogen) atoms. The van der Waals surface area contributed by atoms with Gasteiger partial charge in [-0.1, -0.05) is 6.07 Å². The molecule has 1 rings (SSSR count). The van der Waals surface area contributed by atoms with E-state index in [0.29, 0.717) is 36.1 Å². The van der Waals surface area contributed by atoms with E-state index in [2.05, 4.69) is 4.99 Å². The molecule has 1 aromatic carbocycles. The molecule has 0 saturated carbocycles. The van der Waals surface area contributed by atoms with Gasteiger partial charge >= 0.3 is 0 Å². The molecule has 0 saturated heterocycles. The normalized spacial score (nSPS) is 11.2. The van der Waals surface area contributed by atoms with Crippen LogP contribution in [-0.2, 0) is 4.79 Å². The van der Waals surface area contributed by atoms with E-state index in [-0.39, 0.29) is 5.78 Å². The summed E-state index contributed by atoms with van der Waals surface area (Å²) in [4.78, 5) is 15.5. The molecule has 0 spiro atoms. The highest BCUT2D eigenvalue weighted by Gasteiger charge is 2.11. The zero-order chi connectivity index (χ0) is 13.5. The van der Waals surface area contributed by atoms with Crippen LogP contribution in [0, 0.1) is 0 Å². The third kappa shape index (κ3) is 3.58. The molecule has 0 fully saturated rings. The van der Waals surface area contributed by atoms with Crippen LogP contribution in [0.5, 0.6) is 11.5 Å². The van der Waals surface area contributed by atoms with E-state index >= 15 is 0 Å². The predicted octanol–water partition coefficient (Wildman–Crippen LogP) is 3.17. The lowest BCUT2D eigenvalue weighted by molar-refractivity contribution is -0.111. The molecule has 0 unspecified atom stereocenters. The van der Waals surface area contributed by atoms with Crippen molar-refractivity contribution in [3.05, 3.63) is 18.2 Å². The van der Waals surface area contributed by atoms with E-state index in [4.69, 9.17) is 9.47 Å². The summed E-state index contributed by atoms with van der Waals surface area (Å²) >= 11 is 0. The number of ketones is 1. The summed E-state index contributed by atoms with van der Waals surface area (Å²) in [5.41, 5.74) is 1.07. The standard InChI is InChI=1S/C14H19NO3/c1-5-17-13-9-7-8-12(14(13)18-6-2)15-10(3)11(4)16/h7-9H,5-6H2,1-4H3. The number of ether oxygens (including phenoxy) is 2. The molecule has 0 aliphatic heterocycles. The summed E-state index contributed by atoms with van der Waals surface area (Å²) in [6.45, 7) is 8.06. The molecule has 0 atom stereocenters. The van der Waals surface area contributed by atoms with Gasteiger partial charge in [-0.05, 0) is 32.9 Å². The molecular weight excluding hydrogens is 230 g/mol. The van der Waals surface area contributed by atoms with Crippen LogP contribution < -0.4 is 9.47 Å². The number of para-hydroxylation sites is 1. The van der Waals surface area contributed by atoms with Crippen LogP contribution in [0.1, 0.15) is 27.7 Å². The van der Waals surface area contributed by atoms with Crippen LogP contribution in [0.3, 0.4) is 0 Å². The summed E-state index contributed by atoms with van der Waals surface area (Å²) in [5.74, 6) is 1.18. The van der Waals surface area contributed by atoms with Gasteiger partial charge < -0.3 is 9.47 Å². The summed E-state index contributed by atoms with van der Waals surface area (Å²) in [5, 5.41) is 0. The highest BCUT2D eigenvalue weighted by molar-refractivity contribution is 6.38. The highest BCUT2D eigenvalue weighted by Crippen LogP contribution is 2.37. The van der Waals surface area contributed by atoms with Crippen molar-refractivity contribution in [1.29, 1.82) is 0 Å². The summed E-state index contributed by atoms with van der Waals surface area (Å²) in [6, 6.07) is 5.47. The van der Waals surface area contributed by atoms with Crippen LogP contribution >= 0.6 is 0 Å². The first kappa shape index (κ1) is 14.2. The SMILES string of the molecule is CCOc1cccc(N=C(C)C(C)=O)c1OCC. The van der Waals surface area contributed by atoms with Gasteiger partial charge in [0.2, 0.25) is 0 Å². The molecule has 4 nitrogen and oxygen atoms in total. The van der Waals surface area contributed by atoms with E-state index in [0.717, 1.165) is 0 Å². The molecule has 0 N–H and O–H groups in total. The number of benzene rings is 1. The van der Waals surface area contributed by atoms with E-state index in [1.54, 1.807) is 13.0 Å². The Labute approximate surface area is 108 Å². The van der Waals surface area contributed by atoms with Crippen LogP contribution in [0.2, 0.25) is 0 Å². The van der Waals surface area contributed by atoms with E-state index in [1.807, 2.05) is 26.0 Å². The molecule has 0 heterocycles. The summed E-state index contributed by atoms with van der Waals surface area (Å²) in [6.07, 6.45) is 0. The second-order valence-corrected chi connectivity index (χ2v) is 3.72.